The SMILES string of the molecule is S=C(NCc1cn[nH]c1)NC1CCCCC1. The molecule has 4 nitrogen and oxygen atoms in total. The molecule has 1 saturated carbocycles. The zero-order valence-electron chi connectivity index (χ0n) is 9.33. The number of nitrogens with one attached hydrogen (secondary N) is 3. The van der Waals surface area contributed by atoms with Gasteiger partial charge in [0, 0.05) is 24.3 Å². The highest BCUT2D eigenvalue weighted by Gasteiger charge is 2.13. The van der Waals surface area contributed by atoms with E-state index in [1.54, 1.807) is 6.20 Å². The Balaban J connectivity index is 1.67. The van der Waals surface area contributed by atoms with Gasteiger partial charge in [-0.15, -0.1) is 0 Å². The van der Waals surface area contributed by atoms with Crippen molar-refractivity contribution in [2.24, 2.45) is 0 Å². The first-order valence-electron chi connectivity index (χ1n) is 5.86. The normalized spacial score (nSPS) is 17.0. The Kier molecular flexibility index (Phi) is 4.16. The summed E-state index contributed by atoms with van der Waals surface area (Å²) in [6, 6.07) is 0.568. The summed E-state index contributed by atoms with van der Waals surface area (Å²) < 4.78 is 0. The highest BCUT2D eigenvalue weighted by atomic mass is 32.1. The Morgan fingerprint density at radius 2 is 2.25 bits per heavy atom. The van der Waals surface area contributed by atoms with Crippen molar-refractivity contribution in [3.8, 4) is 0 Å². The van der Waals surface area contributed by atoms with Crippen molar-refractivity contribution in [1.82, 2.24) is 20.8 Å². The molecule has 0 spiro atoms. The number of nitrogens with zero attached hydrogens (tertiary/aromatic N) is 1. The van der Waals surface area contributed by atoms with Gasteiger partial charge in [0.05, 0.1) is 6.20 Å². The summed E-state index contributed by atoms with van der Waals surface area (Å²) >= 11 is 5.26. The van der Waals surface area contributed by atoms with E-state index in [0.717, 1.165) is 17.2 Å². The van der Waals surface area contributed by atoms with E-state index in [4.69, 9.17) is 12.2 Å². The Labute approximate surface area is 101 Å². The Hall–Kier alpha value is -1.10. The number of hydrogen-bond acceptors (Lipinski definition) is 2. The second kappa shape index (κ2) is 5.84. The van der Waals surface area contributed by atoms with Crippen LogP contribution < -0.4 is 10.6 Å². The van der Waals surface area contributed by atoms with Gasteiger partial charge in [0.2, 0.25) is 0 Å². The Morgan fingerprint density at radius 1 is 1.44 bits per heavy atom. The van der Waals surface area contributed by atoms with E-state index < -0.39 is 0 Å². The summed E-state index contributed by atoms with van der Waals surface area (Å²) in [5.41, 5.74) is 1.12. The molecule has 0 radical (unpaired) electrons. The van der Waals surface area contributed by atoms with Crippen LogP contribution in [0.4, 0.5) is 0 Å². The minimum atomic E-state index is 0.568. The van der Waals surface area contributed by atoms with Gasteiger partial charge in [0.15, 0.2) is 5.11 Å². The minimum absolute atomic E-state index is 0.568. The van der Waals surface area contributed by atoms with E-state index in [0.29, 0.717) is 6.04 Å². The van der Waals surface area contributed by atoms with Gasteiger partial charge < -0.3 is 10.6 Å². The third-order valence-electron chi connectivity index (χ3n) is 2.95. The maximum Gasteiger partial charge on any atom is 0.166 e. The monoisotopic (exact) mass is 238 g/mol. The van der Waals surface area contributed by atoms with Crippen LogP contribution in [0.1, 0.15) is 37.7 Å². The quantitative estimate of drug-likeness (QED) is 0.702. The smallest absolute Gasteiger partial charge is 0.166 e. The minimum Gasteiger partial charge on any atom is -0.360 e. The molecule has 0 unspecified atom stereocenters. The third kappa shape index (κ3) is 3.48. The molecule has 5 heteroatoms. The van der Waals surface area contributed by atoms with Crippen molar-refractivity contribution in [2.45, 2.75) is 44.7 Å². The molecule has 1 aliphatic carbocycles. The number of rotatable bonds is 3. The van der Waals surface area contributed by atoms with Crippen LogP contribution in [-0.2, 0) is 6.54 Å². The zero-order valence-corrected chi connectivity index (χ0v) is 10.1. The average Bonchev–Trinajstić information content (AvgIpc) is 2.81. The summed E-state index contributed by atoms with van der Waals surface area (Å²) in [4.78, 5) is 0. The second-order valence-electron chi connectivity index (χ2n) is 4.27. The fourth-order valence-corrected chi connectivity index (χ4v) is 2.28. The van der Waals surface area contributed by atoms with Gasteiger partial charge in [-0.1, -0.05) is 19.3 Å². The van der Waals surface area contributed by atoms with Crippen molar-refractivity contribution in [3.05, 3.63) is 18.0 Å². The maximum atomic E-state index is 5.26. The van der Waals surface area contributed by atoms with Crippen LogP contribution in [0.2, 0.25) is 0 Å². The average molecular weight is 238 g/mol. The van der Waals surface area contributed by atoms with Gasteiger partial charge in [-0.25, -0.2) is 0 Å². The molecule has 3 N–H and O–H groups in total. The summed E-state index contributed by atoms with van der Waals surface area (Å²) in [6.45, 7) is 0.731. The molecule has 2 rings (SSSR count). The molecule has 1 fully saturated rings. The lowest BCUT2D eigenvalue weighted by molar-refractivity contribution is 0.412. The highest BCUT2D eigenvalue weighted by molar-refractivity contribution is 7.80. The van der Waals surface area contributed by atoms with Gasteiger partial charge in [0.25, 0.3) is 0 Å². The topological polar surface area (TPSA) is 52.7 Å². The number of aromatic amines is 1. The Morgan fingerprint density at radius 3 is 2.94 bits per heavy atom. The Bertz CT molecular complexity index is 317. The first kappa shape index (κ1) is 11.4. The molecule has 0 aromatic carbocycles. The third-order valence-corrected chi connectivity index (χ3v) is 3.21. The van der Waals surface area contributed by atoms with Crippen molar-refractivity contribution in [2.75, 3.05) is 0 Å². The molecule has 1 aromatic heterocycles. The maximum absolute atomic E-state index is 5.26. The van der Waals surface area contributed by atoms with Gasteiger partial charge in [-0.05, 0) is 25.1 Å². The molecule has 1 aliphatic rings. The van der Waals surface area contributed by atoms with Crippen LogP contribution in [-0.4, -0.2) is 21.4 Å². The number of aromatic nitrogens is 2. The van der Waals surface area contributed by atoms with Crippen LogP contribution in [0, 0.1) is 0 Å². The van der Waals surface area contributed by atoms with Crippen molar-refractivity contribution >= 4 is 17.3 Å². The second-order valence-corrected chi connectivity index (χ2v) is 4.68. The molecule has 1 heterocycles. The van der Waals surface area contributed by atoms with E-state index in [-0.39, 0.29) is 0 Å². The van der Waals surface area contributed by atoms with Crippen LogP contribution in [0.25, 0.3) is 0 Å². The molecule has 0 atom stereocenters. The lowest BCUT2D eigenvalue weighted by atomic mass is 9.96. The molecule has 0 amide bonds. The van der Waals surface area contributed by atoms with Crippen molar-refractivity contribution in [1.29, 1.82) is 0 Å². The summed E-state index contributed by atoms with van der Waals surface area (Å²) in [5.74, 6) is 0. The molecule has 88 valence electrons. The van der Waals surface area contributed by atoms with Gasteiger partial charge in [0.1, 0.15) is 0 Å². The fraction of sp³-hybridized carbons (Fsp3) is 0.636. The predicted molar refractivity (Wildman–Crippen MR) is 68.0 cm³/mol. The first-order valence-corrected chi connectivity index (χ1v) is 6.27. The lowest BCUT2D eigenvalue weighted by Crippen LogP contribution is -2.42. The van der Waals surface area contributed by atoms with E-state index >= 15 is 0 Å². The highest BCUT2D eigenvalue weighted by Crippen LogP contribution is 2.17. The van der Waals surface area contributed by atoms with Gasteiger partial charge >= 0.3 is 0 Å². The van der Waals surface area contributed by atoms with Crippen molar-refractivity contribution in [3.63, 3.8) is 0 Å². The summed E-state index contributed by atoms with van der Waals surface area (Å²) in [6.07, 6.45) is 10.2. The molecule has 0 saturated heterocycles. The molecule has 0 bridgehead atoms. The van der Waals surface area contributed by atoms with E-state index in [1.807, 2.05) is 6.20 Å². The van der Waals surface area contributed by atoms with Gasteiger partial charge in [-0.2, -0.15) is 5.10 Å². The molecular formula is C11H18N4S. The van der Waals surface area contributed by atoms with Crippen LogP contribution >= 0.6 is 12.2 Å². The van der Waals surface area contributed by atoms with E-state index in [9.17, 15) is 0 Å². The van der Waals surface area contributed by atoms with E-state index in [2.05, 4.69) is 20.8 Å². The van der Waals surface area contributed by atoms with Crippen LogP contribution in [0.15, 0.2) is 12.4 Å². The van der Waals surface area contributed by atoms with Crippen LogP contribution in [0.3, 0.4) is 0 Å². The van der Waals surface area contributed by atoms with Gasteiger partial charge in [-0.3, -0.25) is 5.10 Å². The molecule has 0 aliphatic heterocycles. The number of H-pyrrole nitrogens is 1. The number of thiocarbonyl (C=S) groups is 1. The lowest BCUT2D eigenvalue weighted by Gasteiger charge is -2.24. The molecule has 16 heavy (non-hydrogen) atoms. The summed E-state index contributed by atoms with van der Waals surface area (Å²) in [7, 11) is 0. The number of hydrogen-bond donors (Lipinski definition) is 3. The van der Waals surface area contributed by atoms with Crippen molar-refractivity contribution < 1.29 is 0 Å². The standard InChI is InChI=1S/C11H18N4S/c16-11(12-6-9-7-13-14-8-9)15-10-4-2-1-3-5-10/h7-8,10H,1-6H2,(H,13,14)(H2,12,15,16). The predicted octanol–water partition coefficient (Wildman–Crippen LogP) is 1.71. The van der Waals surface area contributed by atoms with E-state index in [1.165, 1.54) is 32.1 Å². The molecular weight excluding hydrogens is 220 g/mol. The summed E-state index contributed by atoms with van der Waals surface area (Å²) in [5, 5.41) is 14.0. The first-order chi connectivity index (χ1) is 7.84. The fourth-order valence-electron chi connectivity index (χ4n) is 2.04. The largest absolute Gasteiger partial charge is 0.360 e. The zero-order chi connectivity index (χ0) is 11.2. The molecule has 1 aromatic rings. The van der Waals surface area contributed by atoms with Crippen LogP contribution in [0.5, 0.6) is 0 Å².